The summed E-state index contributed by atoms with van der Waals surface area (Å²) < 4.78 is 25.5. The van der Waals surface area contributed by atoms with Gasteiger partial charge in [0.05, 0.1) is 0 Å². The van der Waals surface area contributed by atoms with E-state index in [0.29, 0.717) is 5.92 Å². The first kappa shape index (κ1) is 10.2. The van der Waals surface area contributed by atoms with E-state index in [1.807, 2.05) is 0 Å². The molecule has 0 N–H and O–H groups in total. The van der Waals surface area contributed by atoms with Crippen molar-refractivity contribution in [2.75, 3.05) is 0 Å². The molecule has 0 saturated carbocycles. The topological polar surface area (TPSA) is 17.8 Å². The Bertz CT molecular complexity index is 231. The van der Waals surface area contributed by atoms with Gasteiger partial charge in [0.1, 0.15) is 6.54 Å². The number of rotatable bonds is 4. The van der Waals surface area contributed by atoms with Gasteiger partial charge in [-0.05, 0) is 18.4 Å². The lowest BCUT2D eigenvalue weighted by molar-refractivity contribution is 0.120. The average Bonchev–Trinajstić information content (AvgIpc) is 2.34. The summed E-state index contributed by atoms with van der Waals surface area (Å²) in [6.45, 7) is 3.81. The van der Waals surface area contributed by atoms with E-state index in [0.717, 1.165) is 12.1 Å². The first-order valence-corrected chi connectivity index (χ1v) is 4.38. The zero-order valence-corrected chi connectivity index (χ0v) is 7.87. The van der Waals surface area contributed by atoms with Crippen molar-refractivity contribution in [1.29, 1.82) is 0 Å². The highest BCUT2D eigenvalue weighted by Gasteiger charge is 2.09. The lowest BCUT2D eigenvalue weighted by Gasteiger charge is -2.08. The van der Waals surface area contributed by atoms with Crippen LogP contribution in [0.3, 0.4) is 0 Å². The Morgan fingerprint density at radius 2 is 2.15 bits per heavy atom. The van der Waals surface area contributed by atoms with Crippen LogP contribution in [0.15, 0.2) is 12.3 Å². The van der Waals surface area contributed by atoms with Gasteiger partial charge in [-0.25, -0.2) is 8.78 Å². The summed E-state index contributed by atoms with van der Waals surface area (Å²) >= 11 is 0. The minimum atomic E-state index is -2.33. The number of nitrogens with zero attached hydrogens (tertiary/aromatic N) is 2. The SMILES string of the molecule is CC(C)Cc1ccnn1CC(F)F. The fraction of sp³-hybridized carbons (Fsp3) is 0.667. The Morgan fingerprint density at radius 3 is 2.69 bits per heavy atom. The molecule has 0 saturated heterocycles. The van der Waals surface area contributed by atoms with Crippen LogP contribution in [0, 0.1) is 5.92 Å². The number of aromatic nitrogens is 2. The summed E-state index contributed by atoms with van der Waals surface area (Å²) in [6, 6.07) is 1.79. The van der Waals surface area contributed by atoms with Crippen molar-refractivity contribution in [3.63, 3.8) is 0 Å². The number of hydrogen-bond acceptors (Lipinski definition) is 1. The third-order valence-electron chi connectivity index (χ3n) is 1.73. The normalized spacial score (nSPS) is 11.5. The molecule has 0 unspecified atom stereocenters. The van der Waals surface area contributed by atoms with Gasteiger partial charge in [-0.1, -0.05) is 13.8 Å². The first-order chi connectivity index (χ1) is 6.09. The average molecular weight is 188 g/mol. The van der Waals surface area contributed by atoms with Gasteiger partial charge in [0.15, 0.2) is 0 Å². The molecule has 1 aromatic heterocycles. The number of halogens is 2. The first-order valence-electron chi connectivity index (χ1n) is 4.38. The molecule has 1 rings (SSSR count). The molecule has 4 heteroatoms. The second-order valence-corrected chi connectivity index (χ2v) is 3.49. The van der Waals surface area contributed by atoms with Crippen molar-refractivity contribution in [1.82, 2.24) is 9.78 Å². The minimum Gasteiger partial charge on any atom is -0.264 e. The van der Waals surface area contributed by atoms with Gasteiger partial charge in [0, 0.05) is 11.9 Å². The largest absolute Gasteiger partial charge is 0.264 e. The van der Waals surface area contributed by atoms with Crippen molar-refractivity contribution in [3.05, 3.63) is 18.0 Å². The molecule has 74 valence electrons. The van der Waals surface area contributed by atoms with Gasteiger partial charge in [-0.2, -0.15) is 5.10 Å². The van der Waals surface area contributed by atoms with E-state index >= 15 is 0 Å². The van der Waals surface area contributed by atoms with Crippen LogP contribution in [0.5, 0.6) is 0 Å². The zero-order valence-electron chi connectivity index (χ0n) is 7.87. The Balaban J connectivity index is 2.65. The molecule has 0 radical (unpaired) electrons. The maximum Gasteiger partial charge on any atom is 0.257 e. The van der Waals surface area contributed by atoms with Gasteiger partial charge < -0.3 is 0 Å². The lowest BCUT2D eigenvalue weighted by atomic mass is 10.1. The molecule has 0 aliphatic heterocycles. The molecule has 0 atom stereocenters. The maximum atomic E-state index is 12.1. The van der Waals surface area contributed by atoms with Crippen molar-refractivity contribution in [3.8, 4) is 0 Å². The highest BCUT2D eigenvalue weighted by Crippen LogP contribution is 2.09. The second-order valence-electron chi connectivity index (χ2n) is 3.49. The molecule has 0 aliphatic rings. The van der Waals surface area contributed by atoms with Crippen LogP contribution in [-0.4, -0.2) is 16.2 Å². The molecular weight excluding hydrogens is 174 g/mol. The fourth-order valence-corrected chi connectivity index (χ4v) is 1.25. The van der Waals surface area contributed by atoms with E-state index in [2.05, 4.69) is 18.9 Å². The highest BCUT2D eigenvalue weighted by atomic mass is 19.3. The molecule has 0 bridgehead atoms. The summed E-state index contributed by atoms with van der Waals surface area (Å²) in [6.07, 6.45) is 0.0399. The quantitative estimate of drug-likeness (QED) is 0.709. The predicted molar refractivity (Wildman–Crippen MR) is 46.8 cm³/mol. The van der Waals surface area contributed by atoms with E-state index in [9.17, 15) is 8.78 Å². The van der Waals surface area contributed by atoms with Gasteiger partial charge in [0.25, 0.3) is 6.43 Å². The van der Waals surface area contributed by atoms with Crippen LogP contribution < -0.4 is 0 Å². The molecule has 0 spiro atoms. The Hall–Kier alpha value is -0.930. The number of hydrogen-bond donors (Lipinski definition) is 0. The number of alkyl halides is 2. The summed E-state index contributed by atoms with van der Waals surface area (Å²) in [5.74, 6) is 0.466. The summed E-state index contributed by atoms with van der Waals surface area (Å²) in [5.41, 5.74) is 0.885. The van der Waals surface area contributed by atoms with Crippen molar-refractivity contribution < 1.29 is 8.78 Å². The third kappa shape index (κ3) is 3.13. The van der Waals surface area contributed by atoms with E-state index in [1.165, 1.54) is 4.68 Å². The van der Waals surface area contributed by atoms with Gasteiger partial charge >= 0.3 is 0 Å². The van der Waals surface area contributed by atoms with Gasteiger partial charge in [-0.3, -0.25) is 4.68 Å². The van der Waals surface area contributed by atoms with E-state index in [-0.39, 0.29) is 6.54 Å². The monoisotopic (exact) mass is 188 g/mol. The molecule has 1 aromatic rings. The third-order valence-corrected chi connectivity index (χ3v) is 1.73. The minimum absolute atomic E-state index is 0.297. The van der Waals surface area contributed by atoms with Crippen LogP contribution >= 0.6 is 0 Å². The van der Waals surface area contributed by atoms with E-state index < -0.39 is 6.43 Å². The predicted octanol–water partition coefficient (Wildman–Crippen LogP) is 2.35. The summed E-state index contributed by atoms with van der Waals surface area (Å²) in [7, 11) is 0. The van der Waals surface area contributed by atoms with Crippen LogP contribution in [0.1, 0.15) is 19.5 Å². The lowest BCUT2D eigenvalue weighted by Crippen LogP contribution is -2.12. The Labute approximate surface area is 76.6 Å². The highest BCUT2D eigenvalue weighted by molar-refractivity contribution is 5.01. The van der Waals surface area contributed by atoms with Crippen LogP contribution in [0.25, 0.3) is 0 Å². The summed E-state index contributed by atoms with van der Waals surface area (Å²) in [4.78, 5) is 0. The molecule has 0 amide bonds. The van der Waals surface area contributed by atoms with Gasteiger partial charge in [0.2, 0.25) is 0 Å². The van der Waals surface area contributed by atoms with Crippen LogP contribution in [-0.2, 0) is 13.0 Å². The zero-order chi connectivity index (χ0) is 9.84. The summed E-state index contributed by atoms with van der Waals surface area (Å²) in [5, 5.41) is 3.85. The molecule has 0 fully saturated rings. The Kier molecular flexibility index (Phi) is 3.39. The van der Waals surface area contributed by atoms with Crippen molar-refractivity contribution >= 4 is 0 Å². The molecular formula is C9H14F2N2. The van der Waals surface area contributed by atoms with E-state index in [1.54, 1.807) is 12.3 Å². The van der Waals surface area contributed by atoms with Crippen LogP contribution in [0.2, 0.25) is 0 Å². The fourth-order valence-electron chi connectivity index (χ4n) is 1.25. The standard InChI is InChI=1S/C9H14F2N2/c1-7(2)5-8-3-4-12-13(8)6-9(10)11/h3-4,7,9H,5-6H2,1-2H3. The van der Waals surface area contributed by atoms with Crippen LogP contribution in [0.4, 0.5) is 8.78 Å². The molecule has 0 aromatic carbocycles. The molecule has 0 aliphatic carbocycles. The molecule has 1 heterocycles. The second kappa shape index (κ2) is 4.35. The van der Waals surface area contributed by atoms with Crippen molar-refractivity contribution in [2.45, 2.75) is 33.2 Å². The maximum absolute atomic E-state index is 12.1. The van der Waals surface area contributed by atoms with Crippen molar-refractivity contribution in [2.24, 2.45) is 5.92 Å². The van der Waals surface area contributed by atoms with Gasteiger partial charge in [-0.15, -0.1) is 0 Å². The Morgan fingerprint density at radius 1 is 1.46 bits per heavy atom. The van der Waals surface area contributed by atoms with E-state index in [4.69, 9.17) is 0 Å². The molecule has 2 nitrogen and oxygen atoms in total. The smallest absolute Gasteiger partial charge is 0.257 e. The molecule has 13 heavy (non-hydrogen) atoms.